The number of aromatic amines is 1. The first-order valence-electron chi connectivity index (χ1n) is 12.2. The van der Waals surface area contributed by atoms with Gasteiger partial charge in [0.1, 0.15) is 11.4 Å². The molecule has 0 aliphatic carbocycles. The fourth-order valence-electron chi connectivity index (χ4n) is 4.46. The Labute approximate surface area is 226 Å². The zero-order chi connectivity index (χ0) is 26.8. The second-order valence-corrected chi connectivity index (χ2v) is 9.70. The molecule has 0 saturated carbocycles. The van der Waals surface area contributed by atoms with Crippen molar-refractivity contribution in [1.82, 2.24) is 30.0 Å². The quantitative estimate of drug-likeness (QED) is 0.223. The number of aromatic nitrogens is 4. The summed E-state index contributed by atoms with van der Waals surface area (Å²) < 4.78 is 12.4. The van der Waals surface area contributed by atoms with Gasteiger partial charge in [-0.25, -0.2) is 9.97 Å². The summed E-state index contributed by atoms with van der Waals surface area (Å²) in [7, 11) is 0. The number of H-pyrrole nitrogens is 1. The second-order valence-electron chi connectivity index (χ2n) is 8.92. The minimum absolute atomic E-state index is 0.178. The van der Waals surface area contributed by atoms with Gasteiger partial charge in [0.2, 0.25) is 6.79 Å². The number of benzene rings is 1. The first kappa shape index (κ1) is 24.6. The summed E-state index contributed by atoms with van der Waals surface area (Å²) in [5.41, 5.74) is 3.72. The molecule has 1 aliphatic rings. The summed E-state index contributed by atoms with van der Waals surface area (Å²) in [4.78, 5) is 38.7. The molecule has 1 aromatic carbocycles. The number of thiophene rings is 1. The van der Waals surface area contributed by atoms with Crippen LogP contribution < -0.4 is 20.1 Å². The molecule has 4 N–H and O–H groups in total. The molecule has 11 nitrogen and oxygen atoms in total. The summed E-state index contributed by atoms with van der Waals surface area (Å²) in [6, 6.07) is 10.2. The lowest BCUT2D eigenvalue weighted by Crippen LogP contribution is -2.39. The first-order valence-corrected chi connectivity index (χ1v) is 13.1. The van der Waals surface area contributed by atoms with E-state index in [1.165, 1.54) is 11.3 Å². The minimum atomic E-state index is -0.560. The zero-order valence-electron chi connectivity index (χ0n) is 20.6. The van der Waals surface area contributed by atoms with Gasteiger partial charge in [-0.2, -0.15) is 11.3 Å². The van der Waals surface area contributed by atoms with Crippen LogP contribution in [0.5, 0.6) is 11.5 Å². The number of imidazole rings is 2. The van der Waals surface area contributed by atoms with E-state index in [1.54, 1.807) is 35.3 Å². The molecule has 5 heterocycles. The van der Waals surface area contributed by atoms with Crippen LogP contribution in [0, 0.1) is 0 Å². The molecular formula is C27H24N6O5S. The van der Waals surface area contributed by atoms with Crippen LogP contribution in [-0.4, -0.2) is 55.7 Å². The van der Waals surface area contributed by atoms with E-state index in [4.69, 9.17) is 14.5 Å². The molecule has 0 bridgehead atoms. The Balaban J connectivity index is 1.30. The number of carbonyl (C=O) groups is 2. The van der Waals surface area contributed by atoms with Gasteiger partial charge in [-0.3, -0.25) is 14.0 Å². The number of hydrogen-bond donors (Lipinski definition) is 4. The number of fused-ring (bicyclic) bond motifs is 2. The summed E-state index contributed by atoms with van der Waals surface area (Å²) in [6.45, 7) is 0.182. The summed E-state index contributed by atoms with van der Waals surface area (Å²) in [5.74, 6) is 0.559. The van der Waals surface area contributed by atoms with Gasteiger partial charge in [-0.05, 0) is 41.3 Å². The van der Waals surface area contributed by atoms with Gasteiger partial charge in [0.05, 0.1) is 30.2 Å². The molecule has 0 fully saturated rings. The summed E-state index contributed by atoms with van der Waals surface area (Å²) in [5, 5.41) is 19.5. The maximum atomic E-state index is 13.6. The number of aliphatic hydroxyl groups excluding tert-OH is 1. The van der Waals surface area contributed by atoms with Crippen LogP contribution in [0.15, 0.2) is 65.9 Å². The maximum Gasteiger partial charge on any atom is 0.270 e. The first-order chi connectivity index (χ1) is 19.1. The highest BCUT2D eigenvalue weighted by molar-refractivity contribution is 7.08. The highest BCUT2D eigenvalue weighted by Crippen LogP contribution is 2.32. The fraction of sp³-hybridized carbons (Fsp3) is 0.185. The number of carbonyl (C=O) groups excluding carboxylic acids is 2. The molecule has 0 unspecified atom stereocenters. The van der Waals surface area contributed by atoms with Gasteiger partial charge in [0.25, 0.3) is 11.8 Å². The topological polar surface area (TPSA) is 143 Å². The third-order valence-electron chi connectivity index (χ3n) is 6.36. The van der Waals surface area contributed by atoms with Gasteiger partial charge >= 0.3 is 0 Å². The van der Waals surface area contributed by atoms with E-state index in [2.05, 4.69) is 20.6 Å². The summed E-state index contributed by atoms with van der Waals surface area (Å²) >= 11 is 1.48. The van der Waals surface area contributed by atoms with Crippen LogP contribution >= 0.6 is 11.3 Å². The number of pyridine rings is 1. The molecule has 4 aromatic heterocycles. The van der Waals surface area contributed by atoms with Gasteiger partial charge in [-0.15, -0.1) is 0 Å². The van der Waals surface area contributed by atoms with Crippen molar-refractivity contribution >= 4 is 28.8 Å². The zero-order valence-corrected chi connectivity index (χ0v) is 21.4. The normalized spacial score (nSPS) is 12.9. The molecule has 198 valence electrons. The van der Waals surface area contributed by atoms with Crippen LogP contribution in [0.2, 0.25) is 0 Å². The molecule has 2 amide bonds. The lowest BCUT2D eigenvalue weighted by molar-refractivity contribution is 0.0908. The molecule has 0 spiro atoms. The Morgan fingerprint density at radius 3 is 2.87 bits per heavy atom. The third-order valence-corrected chi connectivity index (χ3v) is 7.04. The third kappa shape index (κ3) is 4.94. The molecule has 0 radical (unpaired) electrons. The van der Waals surface area contributed by atoms with Crippen molar-refractivity contribution in [1.29, 1.82) is 0 Å². The molecule has 0 saturated heterocycles. The van der Waals surface area contributed by atoms with Crippen LogP contribution in [-0.2, 0) is 13.0 Å². The highest BCUT2D eigenvalue weighted by atomic mass is 32.1. The van der Waals surface area contributed by atoms with Crippen molar-refractivity contribution in [2.24, 2.45) is 0 Å². The van der Waals surface area contributed by atoms with E-state index < -0.39 is 11.9 Å². The number of ether oxygens (including phenoxy) is 2. The summed E-state index contributed by atoms with van der Waals surface area (Å²) in [6.07, 6.45) is 5.31. The van der Waals surface area contributed by atoms with E-state index in [9.17, 15) is 14.7 Å². The Morgan fingerprint density at radius 2 is 2.08 bits per heavy atom. The maximum absolute atomic E-state index is 13.6. The molecule has 1 atom stereocenters. The van der Waals surface area contributed by atoms with Gasteiger partial charge in [0, 0.05) is 36.3 Å². The molecule has 6 rings (SSSR count). The molecule has 39 heavy (non-hydrogen) atoms. The largest absolute Gasteiger partial charge is 0.454 e. The average molecular weight is 545 g/mol. The van der Waals surface area contributed by atoms with Crippen LogP contribution in [0.1, 0.15) is 32.1 Å². The number of nitrogens with one attached hydrogen (secondary N) is 3. The minimum Gasteiger partial charge on any atom is -0.454 e. The van der Waals surface area contributed by atoms with Gasteiger partial charge in [0.15, 0.2) is 17.1 Å². The molecule has 12 heteroatoms. The van der Waals surface area contributed by atoms with Crippen molar-refractivity contribution in [3.8, 4) is 22.8 Å². The SMILES string of the molecule is O=C(NCc1ccc2c(c1)OCO2)c1cccn2c(C(=O)N[C@H](CO)Cc3c[nH]cn3)c(-c3ccsc3)nc12. The average Bonchev–Trinajstić information content (AvgIpc) is 3.77. The van der Waals surface area contributed by atoms with Crippen molar-refractivity contribution in [3.63, 3.8) is 0 Å². The lowest BCUT2D eigenvalue weighted by atomic mass is 10.1. The number of hydrogen-bond acceptors (Lipinski definition) is 8. The Hall–Kier alpha value is -4.68. The smallest absolute Gasteiger partial charge is 0.270 e. The van der Waals surface area contributed by atoms with Crippen LogP contribution in [0.3, 0.4) is 0 Å². The molecular weight excluding hydrogens is 520 g/mol. The standard InChI is InChI=1S/C27H24N6O5S/c34-12-19(9-18-11-28-14-30-18)31-27(36)24-23(17-5-7-39-13-17)32-25-20(2-1-6-33(24)25)26(35)29-10-16-3-4-21-22(8-16)38-15-37-21/h1-8,11,13-14,19,34H,9-10,12,15H2,(H,28,30)(H,29,35)(H,31,36)/t19-/m0/s1. The number of nitrogens with zero attached hydrogens (tertiary/aromatic N) is 3. The van der Waals surface area contributed by atoms with Crippen LogP contribution in [0.25, 0.3) is 16.9 Å². The van der Waals surface area contributed by atoms with Crippen molar-refractivity contribution in [2.75, 3.05) is 13.4 Å². The molecule has 1 aliphatic heterocycles. The van der Waals surface area contributed by atoms with Gasteiger partial charge in [-0.1, -0.05) is 6.07 Å². The van der Waals surface area contributed by atoms with E-state index in [0.29, 0.717) is 40.5 Å². The van der Waals surface area contributed by atoms with Crippen molar-refractivity contribution in [2.45, 2.75) is 19.0 Å². The number of amides is 2. The lowest BCUT2D eigenvalue weighted by Gasteiger charge is -2.15. The highest BCUT2D eigenvalue weighted by Gasteiger charge is 2.26. The Bertz CT molecular complexity index is 1630. The predicted octanol–water partition coefficient (Wildman–Crippen LogP) is 2.78. The Morgan fingerprint density at radius 1 is 1.18 bits per heavy atom. The van der Waals surface area contributed by atoms with E-state index in [0.717, 1.165) is 11.1 Å². The second kappa shape index (κ2) is 10.6. The van der Waals surface area contributed by atoms with Crippen molar-refractivity contribution in [3.05, 3.63) is 88.4 Å². The monoisotopic (exact) mass is 544 g/mol. The number of rotatable bonds is 9. The van der Waals surface area contributed by atoms with Crippen molar-refractivity contribution < 1.29 is 24.2 Å². The number of aliphatic hydroxyl groups is 1. The predicted molar refractivity (Wildman–Crippen MR) is 143 cm³/mol. The van der Waals surface area contributed by atoms with Gasteiger partial charge < -0.3 is 30.2 Å². The fourth-order valence-corrected chi connectivity index (χ4v) is 5.10. The van der Waals surface area contributed by atoms with E-state index in [-0.39, 0.29) is 31.5 Å². The van der Waals surface area contributed by atoms with E-state index >= 15 is 0 Å². The van der Waals surface area contributed by atoms with Crippen LogP contribution in [0.4, 0.5) is 0 Å². The molecule has 5 aromatic rings. The Kier molecular flexibility index (Phi) is 6.69. The van der Waals surface area contributed by atoms with E-state index in [1.807, 2.05) is 35.0 Å².